The number of hydrogen-bond acceptors (Lipinski definition) is 4. The van der Waals surface area contributed by atoms with E-state index in [-0.39, 0.29) is 11.2 Å². The van der Waals surface area contributed by atoms with Crippen molar-refractivity contribution in [3.8, 4) is 11.5 Å². The molecule has 0 fully saturated rings. The maximum atomic E-state index is 12.2. The van der Waals surface area contributed by atoms with Crippen LogP contribution in [0.5, 0.6) is 11.5 Å². The second-order valence-electron chi connectivity index (χ2n) is 5.11. The van der Waals surface area contributed by atoms with Crippen molar-refractivity contribution >= 4 is 11.0 Å². The van der Waals surface area contributed by atoms with Gasteiger partial charge in [0.1, 0.15) is 22.8 Å². The summed E-state index contributed by atoms with van der Waals surface area (Å²) in [4.78, 5) is 12.2. The van der Waals surface area contributed by atoms with Crippen LogP contribution in [0.25, 0.3) is 11.0 Å². The molecule has 0 radical (unpaired) electrons. The largest absolute Gasteiger partial charge is 0.508 e. The van der Waals surface area contributed by atoms with Crippen molar-refractivity contribution in [2.24, 2.45) is 0 Å². The molecule has 0 atom stereocenters. The zero-order chi connectivity index (χ0) is 15.5. The summed E-state index contributed by atoms with van der Waals surface area (Å²) in [5, 5.41) is 9.79. The summed E-state index contributed by atoms with van der Waals surface area (Å²) in [6.45, 7) is 0. The molecule has 0 amide bonds. The number of phenolic OH excluding ortho intramolecular Hbond substituents is 1. The summed E-state index contributed by atoms with van der Waals surface area (Å²) in [5.74, 6) is 1.53. The van der Waals surface area contributed by atoms with Crippen LogP contribution in [0.4, 0.5) is 0 Å². The first-order valence-electron chi connectivity index (χ1n) is 7.04. The minimum atomic E-state index is -0.0687. The lowest BCUT2D eigenvalue weighted by Crippen LogP contribution is -2.03. The molecular weight excluding hydrogens is 280 g/mol. The molecule has 3 aromatic rings. The van der Waals surface area contributed by atoms with Crippen LogP contribution in [0.2, 0.25) is 0 Å². The van der Waals surface area contributed by atoms with Crippen molar-refractivity contribution in [3.05, 3.63) is 70.1 Å². The van der Waals surface area contributed by atoms with Gasteiger partial charge in [-0.15, -0.1) is 0 Å². The first-order valence-corrected chi connectivity index (χ1v) is 7.04. The number of ether oxygens (including phenoxy) is 1. The van der Waals surface area contributed by atoms with E-state index in [0.717, 1.165) is 12.0 Å². The number of fused-ring (bicyclic) bond motifs is 1. The lowest BCUT2D eigenvalue weighted by Gasteiger charge is -2.05. The van der Waals surface area contributed by atoms with Gasteiger partial charge in [0.15, 0.2) is 5.43 Å². The summed E-state index contributed by atoms with van der Waals surface area (Å²) in [6.07, 6.45) is 1.37. The highest BCUT2D eigenvalue weighted by molar-refractivity contribution is 5.78. The Morgan fingerprint density at radius 2 is 1.82 bits per heavy atom. The van der Waals surface area contributed by atoms with Gasteiger partial charge in [-0.3, -0.25) is 4.79 Å². The molecule has 0 unspecified atom stereocenters. The number of aromatic hydroxyl groups is 1. The van der Waals surface area contributed by atoms with E-state index in [0.29, 0.717) is 28.9 Å². The minimum absolute atomic E-state index is 0.0687. The molecule has 4 heteroatoms. The fourth-order valence-corrected chi connectivity index (χ4v) is 2.37. The fourth-order valence-electron chi connectivity index (χ4n) is 2.37. The van der Waals surface area contributed by atoms with E-state index in [4.69, 9.17) is 9.15 Å². The molecule has 4 nitrogen and oxygen atoms in total. The molecule has 1 aromatic heterocycles. The molecule has 0 aliphatic rings. The highest BCUT2D eigenvalue weighted by Gasteiger charge is 2.06. The van der Waals surface area contributed by atoms with E-state index in [1.165, 1.54) is 6.07 Å². The number of aryl methyl sites for hydroxylation is 2. The van der Waals surface area contributed by atoms with Crippen LogP contribution >= 0.6 is 0 Å². The summed E-state index contributed by atoms with van der Waals surface area (Å²) in [6, 6.07) is 13.8. The summed E-state index contributed by atoms with van der Waals surface area (Å²) in [7, 11) is 1.56. The van der Waals surface area contributed by atoms with Gasteiger partial charge in [-0.2, -0.15) is 0 Å². The molecule has 112 valence electrons. The van der Waals surface area contributed by atoms with Crippen molar-refractivity contribution in [2.45, 2.75) is 12.8 Å². The average molecular weight is 296 g/mol. The Kier molecular flexibility index (Phi) is 3.83. The SMILES string of the molecule is COc1ccc2oc(CCc3ccc(O)cc3)cc(=O)c2c1. The quantitative estimate of drug-likeness (QED) is 0.802. The van der Waals surface area contributed by atoms with E-state index in [1.54, 1.807) is 37.4 Å². The van der Waals surface area contributed by atoms with Crippen molar-refractivity contribution in [1.29, 1.82) is 0 Å². The molecule has 2 aromatic carbocycles. The minimum Gasteiger partial charge on any atom is -0.508 e. The molecule has 1 N–H and O–H groups in total. The number of methoxy groups -OCH3 is 1. The first kappa shape index (κ1) is 14.2. The van der Waals surface area contributed by atoms with Gasteiger partial charge in [0, 0.05) is 12.5 Å². The monoisotopic (exact) mass is 296 g/mol. The van der Waals surface area contributed by atoms with Gasteiger partial charge in [-0.05, 0) is 42.3 Å². The average Bonchev–Trinajstić information content (AvgIpc) is 2.54. The lowest BCUT2D eigenvalue weighted by atomic mass is 10.1. The van der Waals surface area contributed by atoms with E-state index >= 15 is 0 Å². The van der Waals surface area contributed by atoms with Gasteiger partial charge >= 0.3 is 0 Å². The number of hydrogen-bond donors (Lipinski definition) is 1. The van der Waals surface area contributed by atoms with Crippen LogP contribution in [0, 0.1) is 0 Å². The Hall–Kier alpha value is -2.75. The highest BCUT2D eigenvalue weighted by Crippen LogP contribution is 2.20. The molecular formula is C18H16O4. The highest BCUT2D eigenvalue weighted by atomic mass is 16.5. The smallest absolute Gasteiger partial charge is 0.193 e. The van der Waals surface area contributed by atoms with E-state index in [9.17, 15) is 9.90 Å². The molecule has 0 bridgehead atoms. The van der Waals surface area contributed by atoms with Crippen molar-refractivity contribution < 1.29 is 14.3 Å². The van der Waals surface area contributed by atoms with Gasteiger partial charge in [-0.1, -0.05) is 12.1 Å². The molecule has 1 heterocycles. The number of rotatable bonds is 4. The van der Waals surface area contributed by atoms with Gasteiger partial charge in [0.25, 0.3) is 0 Å². The Morgan fingerprint density at radius 3 is 2.55 bits per heavy atom. The zero-order valence-electron chi connectivity index (χ0n) is 12.2. The summed E-state index contributed by atoms with van der Waals surface area (Å²) in [5.41, 5.74) is 1.57. The van der Waals surface area contributed by atoms with Crippen molar-refractivity contribution in [2.75, 3.05) is 7.11 Å². The van der Waals surface area contributed by atoms with E-state index in [2.05, 4.69) is 0 Å². The number of phenols is 1. The van der Waals surface area contributed by atoms with E-state index < -0.39 is 0 Å². The second kappa shape index (κ2) is 5.93. The summed E-state index contributed by atoms with van der Waals surface area (Å²) >= 11 is 0. The maximum absolute atomic E-state index is 12.2. The first-order chi connectivity index (χ1) is 10.7. The third-order valence-electron chi connectivity index (χ3n) is 3.58. The van der Waals surface area contributed by atoms with Gasteiger partial charge < -0.3 is 14.3 Å². The molecule has 0 spiro atoms. The molecule has 22 heavy (non-hydrogen) atoms. The number of benzene rings is 2. The maximum Gasteiger partial charge on any atom is 0.193 e. The molecule has 0 saturated heterocycles. The van der Waals surface area contributed by atoms with Gasteiger partial charge in [0.05, 0.1) is 12.5 Å². The Labute approximate surface area is 127 Å². The van der Waals surface area contributed by atoms with Crippen LogP contribution in [0.15, 0.2) is 57.7 Å². The fraction of sp³-hybridized carbons (Fsp3) is 0.167. The van der Waals surface area contributed by atoms with Crippen LogP contribution in [-0.4, -0.2) is 12.2 Å². The Bertz CT molecular complexity index is 847. The predicted octanol–water partition coefficient (Wildman–Crippen LogP) is 3.29. The van der Waals surface area contributed by atoms with Gasteiger partial charge in [-0.25, -0.2) is 0 Å². The van der Waals surface area contributed by atoms with Gasteiger partial charge in [0.2, 0.25) is 0 Å². The van der Waals surface area contributed by atoms with Crippen LogP contribution in [0.3, 0.4) is 0 Å². The Balaban J connectivity index is 1.85. The van der Waals surface area contributed by atoms with Crippen LogP contribution in [-0.2, 0) is 12.8 Å². The molecule has 3 rings (SSSR count). The zero-order valence-corrected chi connectivity index (χ0v) is 12.2. The third kappa shape index (κ3) is 2.96. The third-order valence-corrected chi connectivity index (χ3v) is 3.58. The molecule has 0 aliphatic carbocycles. The second-order valence-corrected chi connectivity index (χ2v) is 5.11. The lowest BCUT2D eigenvalue weighted by molar-refractivity contribution is 0.415. The van der Waals surface area contributed by atoms with Crippen molar-refractivity contribution in [1.82, 2.24) is 0 Å². The normalized spacial score (nSPS) is 10.8. The molecule has 0 saturated carbocycles. The Morgan fingerprint density at radius 1 is 1.05 bits per heavy atom. The molecule has 0 aliphatic heterocycles. The van der Waals surface area contributed by atoms with Crippen LogP contribution in [0.1, 0.15) is 11.3 Å². The van der Waals surface area contributed by atoms with Crippen LogP contribution < -0.4 is 10.2 Å². The topological polar surface area (TPSA) is 59.7 Å². The van der Waals surface area contributed by atoms with E-state index in [1.807, 2.05) is 12.1 Å². The van der Waals surface area contributed by atoms with Crippen molar-refractivity contribution in [3.63, 3.8) is 0 Å². The standard InChI is InChI=1S/C18H16O4/c1-21-14-8-9-18-16(10-14)17(20)11-15(22-18)7-4-12-2-5-13(19)6-3-12/h2-3,5-6,8-11,19H,4,7H2,1H3. The summed E-state index contributed by atoms with van der Waals surface area (Å²) < 4.78 is 10.9. The predicted molar refractivity (Wildman–Crippen MR) is 84.6 cm³/mol.